The number of nitrogens with zero attached hydrogens (tertiary/aromatic N) is 1. The van der Waals surface area contributed by atoms with Gasteiger partial charge >= 0.3 is 17.8 Å². The number of nitriles is 1. The van der Waals surface area contributed by atoms with Crippen molar-refractivity contribution in [3.63, 3.8) is 0 Å². The van der Waals surface area contributed by atoms with E-state index in [1.165, 1.54) is 19.1 Å². The first-order valence-electron chi connectivity index (χ1n) is 11.4. The van der Waals surface area contributed by atoms with Crippen molar-refractivity contribution in [2.45, 2.75) is 58.8 Å². The van der Waals surface area contributed by atoms with Crippen LogP contribution in [0.3, 0.4) is 0 Å². The van der Waals surface area contributed by atoms with Crippen LogP contribution in [-0.4, -0.2) is 30.3 Å². The van der Waals surface area contributed by atoms with E-state index < -0.39 is 41.7 Å². The van der Waals surface area contributed by atoms with Crippen LogP contribution in [0.4, 0.5) is 22.6 Å². The molecular weight excluding hydrogens is 498 g/mol. The largest absolute Gasteiger partial charge is 0.463 e. The number of anilines is 1. The molecule has 0 spiro atoms. The van der Waals surface area contributed by atoms with E-state index in [0.717, 1.165) is 34.8 Å². The summed E-state index contributed by atoms with van der Waals surface area (Å²) in [6, 6.07) is 6.40. The summed E-state index contributed by atoms with van der Waals surface area (Å²) in [5.41, 5.74) is -3.87. The van der Waals surface area contributed by atoms with Gasteiger partial charge in [-0.1, -0.05) is 32.9 Å². The van der Waals surface area contributed by atoms with Gasteiger partial charge < -0.3 is 15.4 Å². The second-order valence-corrected chi connectivity index (χ2v) is 10.8. The monoisotopic (exact) mass is 525 g/mol. The summed E-state index contributed by atoms with van der Waals surface area (Å²) in [5, 5.41) is 13.3. The molecule has 194 valence electrons. The molecule has 1 heterocycles. The Morgan fingerprint density at radius 2 is 1.89 bits per heavy atom. The van der Waals surface area contributed by atoms with Gasteiger partial charge in [0, 0.05) is 4.88 Å². The summed E-state index contributed by atoms with van der Waals surface area (Å²) >= 11 is 0.944. The predicted molar refractivity (Wildman–Crippen MR) is 127 cm³/mol. The number of hydrogen-bond donors (Lipinski definition) is 2. The molecule has 0 aliphatic heterocycles. The van der Waals surface area contributed by atoms with Crippen molar-refractivity contribution >= 4 is 28.2 Å². The lowest BCUT2D eigenvalue weighted by Crippen LogP contribution is -2.69. The molecular formula is C25H27F4N3O3S. The van der Waals surface area contributed by atoms with E-state index in [4.69, 9.17) is 4.74 Å². The number of esters is 1. The molecule has 0 saturated heterocycles. The van der Waals surface area contributed by atoms with Gasteiger partial charge in [0.25, 0.3) is 5.91 Å². The minimum Gasteiger partial charge on any atom is -0.463 e. The number of hydrogen-bond acceptors (Lipinski definition) is 6. The second-order valence-electron chi connectivity index (χ2n) is 9.65. The van der Waals surface area contributed by atoms with Crippen LogP contribution in [0.1, 0.15) is 60.5 Å². The minimum atomic E-state index is -5.41. The highest BCUT2D eigenvalue weighted by atomic mass is 32.1. The number of amides is 1. The molecule has 3 rings (SSSR count). The molecule has 1 aliphatic carbocycles. The van der Waals surface area contributed by atoms with Crippen LogP contribution >= 0.6 is 11.3 Å². The molecule has 6 nitrogen and oxygen atoms in total. The van der Waals surface area contributed by atoms with Gasteiger partial charge in [-0.05, 0) is 55.2 Å². The van der Waals surface area contributed by atoms with Gasteiger partial charge in [-0.2, -0.15) is 18.4 Å². The Bertz CT molecular complexity index is 1200. The van der Waals surface area contributed by atoms with E-state index in [0.29, 0.717) is 18.4 Å². The zero-order valence-corrected chi connectivity index (χ0v) is 21.1. The number of benzene rings is 1. The summed E-state index contributed by atoms with van der Waals surface area (Å²) in [5.74, 6) is -4.11. The van der Waals surface area contributed by atoms with Gasteiger partial charge in [-0.25, -0.2) is 9.18 Å². The molecule has 1 aromatic heterocycles. The Morgan fingerprint density at radius 1 is 1.22 bits per heavy atom. The van der Waals surface area contributed by atoms with Crippen molar-refractivity contribution < 1.29 is 31.9 Å². The maximum absolute atomic E-state index is 14.6. The first kappa shape index (κ1) is 27.5. The van der Waals surface area contributed by atoms with Crippen LogP contribution in [0.15, 0.2) is 24.3 Å². The van der Waals surface area contributed by atoms with Gasteiger partial charge in [-0.15, -0.1) is 11.3 Å². The normalized spacial score (nSPS) is 17.4. The van der Waals surface area contributed by atoms with Gasteiger partial charge in [-0.3, -0.25) is 4.79 Å². The van der Waals surface area contributed by atoms with E-state index in [-0.39, 0.29) is 21.9 Å². The highest BCUT2D eigenvalue weighted by Crippen LogP contribution is 2.45. The number of fused-ring (bicyclic) bond motifs is 1. The summed E-state index contributed by atoms with van der Waals surface area (Å²) in [6.45, 7) is 7.14. The molecule has 0 saturated carbocycles. The Kier molecular flexibility index (Phi) is 7.69. The Morgan fingerprint density at radius 3 is 2.44 bits per heavy atom. The number of rotatable bonds is 6. The summed E-state index contributed by atoms with van der Waals surface area (Å²) in [7, 11) is 0. The Hall–Kier alpha value is -3.13. The van der Waals surface area contributed by atoms with Gasteiger partial charge in [0.05, 0.1) is 17.7 Å². The molecule has 2 N–H and O–H groups in total. The fourth-order valence-corrected chi connectivity index (χ4v) is 5.55. The topological polar surface area (TPSA) is 91.2 Å². The quantitative estimate of drug-likeness (QED) is 0.292. The van der Waals surface area contributed by atoms with Crippen LogP contribution in [0.5, 0.6) is 0 Å². The summed E-state index contributed by atoms with van der Waals surface area (Å²) in [4.78, 5) is 26.3. The first-order chi connectivity index (χ1) is 16.7. The molecule has 0 bridgehead atoms. The highest BCUT2D eigenvalue weighted by molar-refractivity contribution is 7.16. The number of thiophene rings is 1. The number of carbonyl (C=O) groups is 2. The summed E-state index contributed by atoms with van der Waals surface area (Å²) in [6.07, 6.45) is -3.59. The lowest BCUT2D eigenvalue weighted by atomic mass is 9.72. The van der Waals surface area contributed by atoms with Gasteiger partial charge in [0.15, 0.2) is 0 Å². The van der Waals surface area contributed by atoms with Crippen molar-refractivity contribution in [2.24, 2.45) is 11.3 Å². The van der Waals surface area contributed by atoms with Crippen LogP contribution in [0.25, 0.3) is 0 Å². The lowest BCUT2D eigenvalue weighted by Gasteiger charge is -2.35. The number of carbonyl (C=O) groups excluding carboxylic acids is 2. The molecule has 36 heavy (non-hydrogen) atoms. The van der Waals surface area contributed by atoms with Crippen molar-refractivity contribution in [3.8, 4) is 6.07 Å². The third-order valence-electron chi connectivity index (χ3n) is 6.33. The average molecular weight is 526 g/mol. The third-order valence-corrected chi connectivity index (χ3v) is 7.50. The lowest BCUT2D eigenvalue weighted by molar-refractivity contribution is -0.204. The SMILES string of the molecule is CCOC(=O)[C@](NC(=O)c1ccccc1F)(Nc1sc2c(c1C#N)CC[C@@H](C(C)(C)C)C2)C(F)(F)F. The molecule has 0 fully saturated rings. The number of ether oxygens (including phenoxy) is 1. The smallest absolute Gasteiger partial charge is 0.441 e. The maximum atomic E-state index is 14.6. The maximum Gasteiger partial charge on any atom is 0.441 e. The zero-order chi connectivity index (χ0) is 26.9. The van der Waals surface area contributed by atoms with Crippen molar-refractivity contribution in [3.05, 3.63) is 51.7 Å². The molecule has 1 aliphatic rings. The molecule has 1 amide bonds. The number of halogens is 4. The van der Waals surface area contributed by atoms with Crippen LogP contribution in [0.2, 0.25) is 0 Å². The molecule has 2 atom stereocenters. The fraction of sp³-hybridized carbons (Fsp3) is 0.480. The molecule has 11 heteroatoms. The Balaban J connectivity index is 2.11. The molecule has 2 aromatic rings. The van der Waals surface area contributed by atoms with Crippen molar-refractivity contribution in [1.82, 2.24) is 5.32 Å². The van der Waals surface area contributed by atoms with Crippen molar-refractivity contribution in [2.75, 3.05) is 11.9 Å². The second kappa shape index (κ2) is 10.1. The van der Waals surface area contributed by atoms with Gasteiger partial charge in [0.1, 0.15) is 16.9 Å². The zero-order valence-electron chi connectivity index (χ0n) is 20.3. The number of alkyl halides is 3. The van der Waals surface area contributed by atoms with Crippen LogP contribution in [-0.2, 0) is 22.4 Å². The molecule has 1 aromatic carbocycles. The standard InChI is InChI=1S/C25H27F4N3O3S/c1-5-35-22(34)24(25(27,28)29,31-20(33)16-8-6-7-9-18(16)26)32-21-17(13-30)15-11-10-14(23(2,3)4)12-19(15)36-21/h6-9,14,32H,5,10-12H2,1-4H3,(H,31,33)/t14-,24+/m1/s1. The molecule has 0 unspecified atom stereocenters. The predicted octanol–water partition coefficient (Wildman–Crippen LogP) is 5.57. The fourth-order valence-electron chi connectivity index (χ4n) is 4.21. The van der Waals surface area contributed by atoms with E-state index in [9.17, 15) is 32.4 Å². The van der Waals surface area contributed by atoms with Crippen molar-refractivity contribution in [1.29, 1.82) is 5.26 Å². The first-order valence-corrected chi connectivity index (χ1v) is 12.2. The third kappa shape index (κ3) is 5.19. The van der Waals surface area contributed by atoms with Gasteiger partial charge in [0.2, 0.25) is 0 Å². The Labute approximate surface area is 210 Å². The highest BCUT2D eigenvalue weighted by Gasteiger charge is 2.64. The van der Waals surface area contributed by atoms with E-state index in [1.54, 1.807) is 5.32 Å². The summed E-state index contributed by atoms with van der Waals surface area (Å²) < 4.78 is 62.7. The average Bonchev–Trinajstić information content (AvgIpc) is 3.13. The molecule has 0 radical (unpaired) electrons. The van der Waals surface area contributed by atoms with Crippen LogP contribution < -0.4 is 10.6 Å². The van der Waals surface area contributed by atoms with E-state index >= 15 is 0 Å². The van der Waals surface area contributed by atoms with E-state index in [2.05, 4.69) is 26.1 Å². The number of nitrogens with one attached hydrogen (secondary N) is 2. The minimum absolute atomic E-state index is 0.0135. The van der Waals surface area contributed by atoms with Crippen LogP contribution in [0, 0.1) is 28.5 Å². The van der Waals surface area contributed by atoms with E-state index in [1.807, 2.05) is 6.07 Å².